The molecule has 7 nitrogen and oxygen atoms in total. The van der Waals surface area contributed by atoms with Crippen molar-refractivity contribution in [3.05, 3.63) is 84.3 Å². The number of esters is 1. The average Bonchev–Trinajstić information content (AvgIpc) is 3.21. The Morgan fingerprint density at radius 2 is 1.95 bits per heavy atom. The summed E-state index contributed by atoms with van der Waals surface area (Å²) < 4.78 is 30.7. The third kappa shape index (κ3) is 6.46. The van der Waals surface area contributed by atoms with E-state index in [0.29, 0.717) is 37.5 Å². The topological polar surface area (TPSA) is 109 Å². The number of hydrogen-bond donors (Lipinski definition) is 0. The van der Waals surface area contributed by atoms with Gasteiger partial charge in [-0.15, -0.1) is 11.3 Å². The average molecular weight is 597 g/mol. The molecule has 0 saturated carbocycles. The zero-order chi connectivity index (χ0) is 27.8. The fraction of sp³-hybridized carbons (Fsp3) is 0.214. The van der Waals surface area contributed by atoms with Gasteiger partial charge in [-0.05, 0) is 65.2 Å². The maximum absolute atomic E-state index is 14.0. The molecule has 3 rings (SSSR count). The lowest BCUT2D eigenvalue weighted by Crippen LogP contribution is -2.05. The van der Waals surface area contributed by atoms with E-state index < -0.39 is 17.6 Å². The lowest BCUT2D eigenvalue weighted by Gasteiger charge is -2.14. The van der Waals surface area contributed by atoms with Gasteiger partial charge >= 0.3 is 5.97 Å². The van der Waals surface area contributed by atoms with Crippen molar-refractivity contribution in [3.63, 3.8) is 0 Å². The molecule has 3 aromatic rings. The number of nitriles is 2. The van der Waals surface area contributed by atoms with Gasteiger partial charge in [0.15, 0.2) is 17.3 Å². The number of carbonyl (C=O) groups excluding carboxylic acids is 2. The van der Waals surface area contributed by atoms with E-state index in [2.05, 4.69) is 15.9 Å². The first-order valence-electron chi connectivity index (χ1n) is 11.3. The van der Waals surface area contributed by atoms with Crippen molar-refractivity contribution in [3.8, 4) is 23.6 Å². The van der Waals surface area contributed by atoms with E-state index in [1.165, 1.54) is 19.3 Å². The van der Waals surface area contributed by atoms with E-state index in [4.69, 9.17) is 14.2 Å². The molecule has 10 heteroatoms. The number of nitrogens with zero attached hydrogens (tertiary/aromatic N) is 2. The largest absolute Gasteiger partial charge is 0.493 e. The highest BCUT2D eigenvalue weighted by atomic mass is 79.9. The number of thiophene rings is 1. The normalized spacial score (nSPS) is 10.9. The van der Waals surface area contributed by atoms with Crippen LogP contribution in [-0.2, 0) is 22.6 Å². The Kier molecular flexibility index (Phi) is 9.78. The Bertz CT molecular complexity index is 1500. The summed E-state index contributed by atoms with van der Waals surface area (Å²) in [5, 5.41) is 19.3. The maximum Gasteiger partial charge on any atom is 0.348 e. The molecule has 0 saturated heterocycles. The molecule has 0 bridgehead atoms. The van der Waals surface area contributed by atoms with Crippen molar-refractivity contribution in [1.82, 2.24) is 0 Å². The molecule has 0 fully saturated rings. The van der Waals surface area contributed by atoms with Crippen molar-refractivity contribution in [2.75, 3.05) is 13.7 Å². The maximum atomic E-state index is 14.0. The summed E-state index contributed by atoms with van der Waals surface area (Å²) in [5.41, 5.74) is 1.37. The smallest absolute Gasteiger partial charge is 0.348 e. The van der Waals surface area contributed by atoms with E-state index in [1.54, 1.807) is 44.2 Å². The lowest BCUT2D eigenvalue weighted by atomic mass is 10.0. The Balaban J connectivity index is 1.87. The molecule has 0 unspecified atom stereocenters. The summed E-state index contributed by atoms with van der Waals surface area (Å²) in [6.45, 7) is 3.44. The first kappa shape index (κ1) is 28.6. The number of ether oxygens (including phenoxy) is 3. The van der Waals surface area contributed by atoms with Crippen LogP contribution in [0.4, 0.5) is 4.39 Å². The first-order valence-corrected chi connectivity index (χ1v) is 12.9. The van der Waals surface area contributed by atoms with Gasteiger partial charge in [-0.3, -0.25) is 4.79 Å². The number of Topliss-reactive ketones (excluding diaryl/α,β-unsaturated/α-hetero) is 1. The number of halogens is 2. The number of ketones is 1. The molecule has 0 aliphatic heterocycles. The third-order valence-electron chi connectivity index (χ3n) is 5.43. The molecule has 38 heavy (non-hydrogen) atoms. The Hall–Kier alpha value is -3.99. The van der Waals surface area contributed by atoms with Crippen molar-refractivity contribution in [2.24, 2.45) is 0 Å². The van der Waals surface area contributed by atoms with Crippen molar-refractivity contribution < 1.29 is 28.2 Å². The van der Waals surface area contributed by atoms with Gasteiger partial charge in [-0.2, -0.15) is 10.5 Å². The summed E-state index contributed by atoms with van der Waals surface area (Å²) >= 11 is 4.43. The number of hydrogen-bond acceptors (Lipinski definition) is 8. The molecule has 0 spiro atoms. The molecule has 0 amide bonds. The number of carbonyl (C=O) groups is 2. The Morgan fingerprint density at radius 1 is 1.21 bits per heavy atom. The predicted molar refractivity (Wildman–Crippen MR) is 143 cm³/mol. The van der Waals surface area contributed by atoms with Gasteiger partial charge in [0.25, 0.3) is 0 Å². The Morgan fingerprint density at radius 3 is 2.58 bits per heavy atom. The van der Waals surface area contributed by atoms with Crippen LogP contribution in [0.3, 0.4) is 0 Å². The van der Waals surface area contributed by atoms with Crippen molar-refractivity contribution in [2.45, 2.75) is 26.9 Å². The van der Waals surface area contributed by atoms with Gasteiger partial charge in [0.05, 0.1) is 29.3 Å². The highest BCUT2D eigenvalue weighted by Crippen LogP contribution is 2.38. The monoisotopic (exact) mass is 596 g/mol. The van der Waals surface area contributed by atoms with Gasteiger partial charge in [-0.1, -0.05) is 18.2 Å². The third-order valence-corrected chi connectivity index (χ3v) is 7.29. The van der Waals surface area contributed by atoms with Crippen LogP contribution in [0, 0.1) is 35.4 Å². The summed E-state index contributed by atoms with van der Waals surface area (Å²) in [6.07, 6.45) is 1.17. The van der Waals surface area contributed by atoms with Crippen LogP contribution in [-0.4, -0.2) is 25.5 Å². The zero-order valence-electron chi connectivity index (χ0n) is 20.8. The Labute approximate surface area is 231 Å². The van der Waals surface area contributed by atoms with E-state index in [9.17, 15) is 24.5 Å². The molecule has 194 valence electrons. The minimum absolute atomic E-state index is 0.0337. The molecule has 2 aromatic carbocycles. The van der Waals surface area contributed by atoms with E-state index in [0.717, 1.165) is 11.3 Å². The number of allylic oxidation sites excluding steroid dienone is 1. The van der Waals surface area contributed by atoms with Crippen molar-refractivity contribution in [1.29, 1.82) is 10.5 Å². The number of rotatable bonds is 10. The second-order valence-corrected chi connectivity index (χ2v) is 9.83. The molecule has 0 radical (unpaired) electrons. The first-order chi connectivity index (χ1) is 18.2. The van der Waals surface area contributed by atoms with Crippen LogP contribution >= 0.6 is 27.3 Å². The minimum atomic E-state index is -0.560. The second-order valence-electron chi connectivity index (χ2n) is 7.87. The van der Waals surface area contributed by atoms with Gasteiger partial charge in [0, 0.05) is 16.9 Å². The van der Waals surface area contributed by atoms with Crippen LogP contribution in [0.25, 0.3) is 6.08 Å². The van der Waals surface area contributed by atoms with E-state index in [-0.39, 0.29) is 35.6 Å². The summed E-state index contributed by atoms with van der Waals surface area (Å²) in [4.78, 5) is 25.9. The van der Waals surface area contributed by atoms with Crippen LogP contribution < -0.4 is 9.47 Å². The number of methoxy groups -OCH3 is 1. The lowest BCUT2D eigenvalue weighted by molar-refractivity contribution is -0.114. The zero-order valence-corrected chi connectivity index (χ0v) is 23.2. The molecule has 0 N–H and O–H groups in total. The van der Waals surface area contributed by atoms with Crippen LogP contribution in [0.2, 0.25) is 0 Å². The van der Waals surface area contributed by atoms with Crippen molar-refractivity contribution >= 4 is 45.1 Å². The quantitative estimate of drug-likeness (QED) is 0.153. The molecule has 1 heterocycles. The molecule has 0 aliphatic carbocycles. The fourth-order valence-electron chi connectivity index (χ4n) is 3.55. The van der Waals surface area contributed by atoms with E-state index >= 15 is 0 Å². The standard InChI is InChI=1S/C28H22BrFN2O5S/c1-4-36-28(34)27-16(2)20(14-32)25(38-27)12-23(33)19(13-31)9-17-10-21(29)26(24(11-17)35-3)37-15-18-7-5-6-8-22(18)30/h5-11H,4,12,15H2,1-3H3/b19-9+. The highest BCUT2D eigenvalue weighted by Gasteiger charge is 2.23. The van der Waals surface area contributed by atoms with E-state index in [1.807, 2.05) is 12.1 Å². The second kappa shape index (κ2) is 13.0. The highest BCUT2D eigenvalue weighted by molar-refractivity contribution is 9.10. The molecular weight excluding hydrogens is 575 g/mol. The van der Waals surface area contributed by atoms with Crippen LogP contribution in [0.1, 0.15) is 43.7 Å². The summed E-state index contributed by atoms with van der Waals surface area (Å²) in [7, 11) is 1.44. The predicted octanol–water partition coefficient (Wildman–Crippen LogP) is 6.31. The molecular formula is C28H22BrFN2O5S. The van der Waals surface area contributed by atoms with Gasteiger partial charge < -0.3 is 14.2 Å². The van der Waals surface area contributed by atoms with Crippen LogP contribution in [0.15, 0.2) is 46.4 Å². The number of benzene rings is 2. The van der Waals surface area contributed by atoms with Gasteiger partial charge in [0.2, 0.25) is 0 Å². The molecule has 1 aromatic heterocycles. The fourth-order valence-corrected chi connectivity index (χ4v) is 5.27. The SMILES string of the molecule is CCOC(=O)c1sc(CC(=O)/C(C#N)=C/c2cc(Br)c(OCc3ccccc3F)c(OC)c2)c(C#N)c1C. The van der Waals surface area contributed by atoms with Crippen LogP contribution in [0.5, 0.6) is 11.5 Å². The van der Waals surface area contributed by atoms with Gasteiger partial charge in [-0.25, -0.2) is 9.18 Å². The molecule has 0 atom stereocenters. The summed E-state index contributed by atoms with van der Waals surface area (Å²) in [6, 6.07) is 13.4. The molecule has 0 aliphatic rings. The minimum Gasteiger partial charge on any atom is -0.493 e. The van der Waals surface area contributed by atoms with Gasteiger partial charge in [0.1, 0.15) is 29.4 Å². The summed E-state index contributed by atoms with van der Waals surface area (Å²) in [5.74, 6) is -0.830.